The molecule has 0 heterocycles. The van der Waals surface area contributed by atoms with Crippen molar-refractivity contribution in [2.75, 3.05) is 74.0 Å². The average molecular weight is 1780 g/mol. The maximum Gasteiger partial charge on any atom is 0.223 e. The molecule has 38 nitrogen and oxygen atoms in total. The van der Waals surface area contributed by atoms with E-state index in [1.54, 1.807) is 14.1 Å². The van der Waals surface area contributed by atoms with Crippen LogP contribution in [0.3, 0.4) is 0 Å². The van der Waals surface area contributed by atoms with Crippen molar-refractivity contribution < 1.29 is 86.3 Å². The van der Waals surface area contributed by atoms with E-state index >= 15 is 0 Å². The van der Waals surface area contributed by atoms with Crippen molar-refractivity contribution in [2.24, 2.45) is 76.7 Å². The Morgan fingerprint density at radius 1 is 0.236 bits per heavy atom. The van der Waals surface area contributed by atoms with Crippen LogP contribution >= 0.6 is 0 Å². The Morgan fingerprint density at radius 3 is 0.701 bits per heavy atom. The molecule has 10 fully saturated rings. The highest BCUT2D eigenvalue weighted by Gasteiger charge is 2.47. The number of nitrogens with one attached hydrogen (secondary N) is 19. The van der Waals surface area contributed by atoms with Gasteiger partial charge in [-0.2, -0.15) is 0 Å². The molecule has 0 aromatic rings. The molecule has 38 heteroatoms. The van der Waals surface area contributed by atoms with Gasteiger partial charge in [-0.1, -0.05) is 0 Å². The van der Waals surface area contributed by atoms with Gasteiger partial charge in [0.05, 0.1) is 6.04 Å². The van der Waals surface area contributed by atoms with Gasteiger partial charge in [-0.25, -0.2) is 0 Å². The lowest BCUT2D eigenvalue weighted by Gasteiger charge is -2.25. The highest BCUT2D eigenvalue weighted by atomic mass is 16.2. The number of hydrogen-bond donors (Lipinski definition) is 20. The summed E-state index contributed by atoms with van der Waals surface area (Å²) >= 11 is 0. The molecule has 0 radical (unpaired) electrons. The molecule has 10 aliphatic carbocycles. The van der Waals surface area contributed by atoms with Gasteiger partial charge in [0.1, 0.15) is 0 Å². The van der Waals surface area contributed by atoms with Gasteiger partial charge in [0.15, 0.2) is 5.78 Å². The molecule has 10 aliphatic rings. The number of carbonyl (C=O) groups excluding carboxylic acids is 18. The van der Waals surface area contributed by atoms with Gasteiger partial charge in [0.2, 0.25) is 100 Å². The van der Waals surface area contributed by atoms with E-state index in [4.69, 9.17) is 5.73 Å². The number of rotatable bonds is 46. The number of Topliss-reactive ketones (excluding diaryl/α,β-unsaturated/α-hetero) is 1. The van der Waals surface area contributed by atoms with Gasteiger partial charge in [-0.05, 0) is 212 Å². The summed E-state index contributed by atoms with van der Waals surface area (Å²) in [4.78, 5) is 240. The van der Waals surface area contributed by atoms with E-state index in [1.807, 2.05) is 14.1 Å². The van der Waals surface area contributed by atoms with E-state index in [-0.39, 0.29) is 278 Å². The predicted octanol–water partition coefficient (Wildman–Crippen LogP) is -1.79. The van der Waals surface area contributed by atoms with Crippen LogP contribution in [0.2, 0.25) is 0 Å². The van der Waals surface area contributed by atoms with Gasteiger partial charge in [-0.3, -0.25) is 86.3 Å². The van der Waals surface area contributed by atoms with Gasteiger partial charge >= 0.3 is 0 Å². The molecule has 0 aliphatic heterocycles. The molecule has 0 saturated heterocycles. The van der Waals surface area contributed by atoms with Crippen LogP contribution in [-0.2, 0) is 86.3 Å². The zero-order valence-electron chi connectivity index (χ0n) is 74.8. The molecule has 0 aromatic carbocycles. The third-order valence-electron chi connectivity index (χ3n) is 28.7. The Balaban J connectivity index is 0.729. The monoisotopic (exact) mass is 1780 g/mol. The first-order chi connectivity index (χ1) is 61.0. The van der Waals surface area contributed by atoms with Crippen molar-refractivity contribution in [3.63, 3.8) is 0 Å². The fraction of sp³-hybridized carbons (Fsp3) is 0.798. The third kappa shape index (κ3) is 31.4. The first-order valence-electron chi connectivity index (χ1n) is 47.3. The second kappa shape index (κ2) is 49.9. The standard InChI is InChI=1S/C89H144N20O18/c1-91-59-13-6-52(37-59)83(121)95-28-21-72(110)102-61-15-5-49(36-61)80(118)71(90)48-79(117)109-68-45-58(70(47-68)89(127)101-34-27-77(115)107-66-20-12-55(43-66)86(124)98-31-24-74(112)104-63-17-9-51(40-63)82(120)94-4)35-57-44-67(108-78(116)25-32-99-87(125)56-10-18-64(41-56)105-75(113)22-29-96-84(122)53-7-14-60(38-53)92-2)46-69(57)88(126)100-33-26-76(114)106-65-19-11-54(42-65)85(123)97-30-23-73(111)103-62-16-8-50(39-62)81(119)93-3/h49-71,91-92H,5-48,90H2,1-4H3,(H,93,119)(H,94,120)(H,95,121)(H,96,122)(H,97,123)(H,98,124)(H,99,125)(H,100,126)(H,101,127)(H,102,110)(H,103,111)(H,104,112)(H,105,113)(H,106,114)(H,107,115)(H,108,116)(H,109,117). The van der Waals surface area contributed by atoms with Crippen LogP contribution in [0.15, 0.2) is 0 Å². The van der Waals surface area contributed by atoms with E-state index in [0.717, 1.165) is 38.5 Å². The van der Waals surface area contributed by atoms with Crippen LogP contribution in [0.5, 0.6) is 0 Å². The van der Waals surface area contributed by atoms with E-state index in [9.17, 15) is 86.3 Å². The Morgan fingerprint density at radius 2 is 0.449 bits per heavy atom. The Hall–Kier alpha value is -9.46. The first kappa shape index (κ1) is 99.7. The molecular weight excluding hydrogens is 1640 g/mol. The summed E-state index contributed by atoms with van der Waals surface area (Å²) in [5, 5.41) is 56.0. The fourth-order valence-electron chi connectivity index (χ4n) is 21.6. The number of nitrogens with two attached hydrogens (primary N) is 1. The first-order valence-corrected chi connectivity index (χ1v) is 47.3. The Kier molecular flexibility index (Phi) is 39.2. The van der Waals surface area contributed by atoms with E-state index in [2.05, 4.69) is 101 Å². The molecule has 23 atom stereocenters. The molecule has 127 heavy (non-hydrogen) atoms. The van der Waals surface area contributed by atoms with Gasteiger partial charge < -0.3 is 107 Å². The number of amides is 17. The molecule has 10 saturated carbocycles. The molecule has 21 N–H and O–H groups in total. The summed E-state index contributed by atoms with van der Waals surface area (Å²) in [6.07, 6.45) is 15.1. The lowest BCUT2D eigenvalue weighted by molar-refractivity contribution is -0.129. The molecule has 23 unspecified atom stereocenters. The molecule has 708 valence electrons. The van der Waals surface area contributed by atoms with Gasteiger partial charge in [-0.15, -0.1) is 0 Å². The summed E-state index contributed by atoms with van der Waals surface area (Å²) < 4.78 is 0. The number of carbonyl (C=O) groups is 18. The largest absolute Gasteiger partial charge is 0.359 e. The van der Waals surface area contributed by atoms with Gasteiger partial charge in [0.25, 0.3) is 0 Å². The Labute approximate surface area is 744 Å². The van der Waals surface area contributed by atoms with Crippen LogP contribution in [0.25, 0.3) is 0 Å². The smallest absolute Gasteiger partial charge is 0.223 e. The molecule has 17 amide bonds. The molecular formula is C89H144N20O18. The normalized spacial score (nSPS) is 30.1. The average Bonchev–Trinajstić information content (AvgIpc) is 1.66. The van der Waals surface area contributed by atoms with Crippen LogP contribution in [-0.4, -0.2) is 247 Å². The van der Waals surface area contributed by atoms with Crippen molar-refractivity contribution >= 4 is 106 Å². The highest BCUT2D eigenvalue weighted by molar-refractivity contribution is 5.92. The molecule has 0 spiro atoms. The minimum atomic E-state index is -1.19. The van der Waals surface area contributed by atoms with E-state index in [1.165, 1.54) is 0 Å². The summed E-state index contributed by atoms with van der Waals surface area (Å²) in [7, 11) is 6.92. The van der Waals surface area contributed by atoms with Gasteiger partial charge in [0, 0.05) is 231 Å². The maximum absolute atomic E-state index is 14.7. The lowest BCUT2D eigenvalue weighted by atomic mass is 9.81. The lowest BCUT2D eigenvalue weighted by Crippen LogP contribution is -2.43. The number of ketones is 1. The van der Waals surface area contributed by atoms with Crippen LogP contribution in [0.1, 0.15) is 238 Å². The van der Waals surface area contributed by atoms with Crippen molar-refractivity contribution in [1.82, 2.24) is 101 Å². The molecule has 0 bridgehead atoms. The minimum absolute atomic E-state index is 0.000895. The zero-order valence-corrected chi connectivity index (χ0v) is 74.8. The number of hydrogen-bond acceptors (Lipinski definition) is 21. The highest BCUT2D eigenvalue weighted by Crippen LogP contribution is 2.44. The second-order valence-corrected chi connectivity index (χ2v) is 37.8. The van der Waals surface area contributed by atoms with Crippen molar-refractivity contribution in [3.05, 3.63) is 0 Å². The van der Waals surface area contributed by atoms with Crippen molar-refractivity contribution in [3.8, 4) is 0 Å². The summed E-state index contributed by atoms with van der Waals surface area (Å²) in [5.41, 5.74) is 6.53. The van der Waals surface area contributed by atoms with E-state index in [0.29, 0.717) is 122 Å². The van der Waals surface area contributed by atoms with Crippen LogP contribution in [0, 0.1) is 71.0 Å². The molecule has 0 aromatic heterocycles. The minimum Gasteiger partial charge on any atom is -0.359 e. The fourth-order valence-corrected chi connectivity index (χ4v) is 21.6. The second-order valence-electron chi connectivity index (χ2n) is 37.8. The van der Waals surface area contributed by atoms with Crippen LogP contribution in [0.4, 0.5) is 0 Å². The third-order valence-corrected chi connectivity index (χ3v) is 28.7. The topological polar surface area (TPSA) is 562 Å². The van der Waals surface area contributed by atoms with Crippen LogP contribution < -0.4 is 107 Å². The SMILES string of the molecule is CNC(=O)C1CCC(NC(=O)CCNC(=O)C2CCC(NC(=O)CCNC(=O)C3CC(NC(=O)CCNC(=O)C4CCC(NC(=O)CCNC(=O)C5CCC(NC)C5)C4)CC3CC3CC(NC(=O)CC(N)C(=O)C4CCC(NC(=O)CCNC(=O)C5CCC(NC)C5)C4)CC3C(=O)NCCC(=O)NC3CCC(C(=O)NCCC(=O)NC4CCC(C(=O)NC)C4)C3)C2)C1. The maximum atomic E-state index is 14.7. The van der Waals surface area contributed by atoms with Crippen molar-refractivity contribution in [1.29, 1.82) is 0 Å². The quantitative estimate of drug-likeness (QED) is 0.0320. The summed E-state index contributed by atoms with van der Waals surface area (Å²) in [6, 6.07) is -3.20. The summed E-state index contributed by atoms with van der Waals surface area (Å²) in [6.45, 7) is 0.495. The van der Waals surface area contributed by atoms with E-state index < -0.39 is 89.1 Å². The zero-order chi connectivity index (χ0) is 91.2. The molecule has 10 rings (SSSR count). The Bertz CT molecular complexity index is 3870. The predicted molar refractivity (Wildman–Crippen MR) is 466 cm³/mol. The van der Waals surface area contributed by atoms with Crippen molar-refractivity contribution in [2.45, 2.75) is 304 Å². The summed E-state index contributed by atoms with van der Waals surface area (Å²) in [5.74, 6) is -9.38.